The van der Waals surface area contributed by atoms with Crippen molar-refractivity contribution < 1.29 is 23.6 Å². The molecule has 146 valence electrons. The first-order valence-corrected chi connectivity index (χ1v) is 9.42. The molecule has 0 unspecified atom stereocenters. The van der Waals surface area contributed by atoms with Crippen LogP contribution >= 0.6 is 22.9 Å². The first kappa shape index (κ1) is 19.9. The van der Waals surface area contributed by atoms with E-state index in [9.17, 15) is 9.59 Å². The van der Waals surface area contributed by atoms with E-state index >= 15 is 0 Å². The highest BCUT2D eigenvalue weighted by atomic mass is 35.5. The molecule has 0 spiro atoms. The number of nitrogens with one attached hydrogen (secondary N) is 1. The number of hydrogen-bond acceptors (Lipinski definition) is 7. The van der Waals surface area contributed by atoms with Gasteiger partial charge < -0.3 is 19.3 Å². The van der Waals surface area contributed by atoms with Crippen LogP contribution in [0.4, 0.5) is 5.00 Å². The van der Waals surface area contributed by atoms with Crippen LogP contribution in [0.3, 0.4) is 0 Å². The number of ether oxygens (including phenoxy) is 2. The average Bonchev–Trinajstić information content (AvgIpc) is 3.23. The number of halogens is 1. The van der Waals surface area contributed by atoms with Crippen LogP contribution in [-0.4, -0.2) is 24.1 Å². The van der Waals surface area contributed by atoms with E-state index in [0.29, 0.717) is 27.1 Å². The van der Waals surface area contributed by atoms with Crippen molar-refractivity contribution in [3.05, 3.63) is 62.8 Å². The molecule has 0 radical (unpaired) electrons. The van der Waals surface area contributed by atoms with E-state index in [1.54, 1.807) is 37.3 Å². The number of amides is 1. The average molecular weight is 421 g/mol. The number of anilines is 1. The molecule has 1 N–H and O–H groups in total. The van der Waals surface area contributed by atoms with Crippen LogP contribution in [0.15, 0.2) is 34.9 Å². The summed E-state index contributed by atoms with van der Waals surface area (Å²) in [5, 5.41) is 7.53. The number of aromatic nitrogens is 1. The predicted molar refractivity (Wildman–Crippen MR) is 105 cm³/mol. The minimum atomic E-state index is -0.526. The van der Waals surface area contributed by atoms with E-state index in [1.165, 1.54) is 18.4 Å². The third-order valence-corrected chi connectivity index (χ3v) is 5.10. The number of methoxy groups -OCH3 is 1. The van der Waals surface area contributed by atoms with Gasteiger partial charge in [0.15, 0.2) is 5.69 Å². The van der Waals surface area contributed by atoms with Gasteiger partial charge in [0, 0.05) is 9.90 Å². The lowest BCUT2D eigenvalue weighted by atomic mass is 10.2. The second kappa shape index (κ2) is 8.45. The summed E-state index contributed by atoms with van der Waals surface area (Å²) in [5.41, 5.74) is 0.895. The highest BCUT2D eigenvalue weighted by molar-refractivity contribution is 7.16. The molecule has 0 saturated heterocycles. The summed E-state index contributed by atoms with van der Waals surface area (Å²) in [5.74, 6) is 0.0359. The predicted octanol–water partition coefficient (Wildman–Crippen LogP) is 4.62. The zero-order chi connectivity index (χ0) is 20.3. The summed E-state index contributed by atoms with van der Waals surface area (Å²) in [6.45, 7) is 3.62. The topological polar surface area (TPSA) is 90.7 Å². The molecule has 0 saturated carbocycles. The molecule has 0 bridgehead atoms. The number of rotatable bonds is 6. The summed E-state index contributed by atoms with van der Waals surface area (Å²) < 4.78 is 15.6. The lowest BCUT2D eigenvalue weighted by Gasteiger charge is -2.07. The highest BCUT2D eigenvalue weighted by Crippen LogP contribution is 2.29. The Bertz CT molecular complexity index is 1010. The van der Waals surface area contributed by atoms with Gasteiger partial charge in [0.25, 0.3) is 5.91 Å². The molecule has 0 fully saturated rings. The number of thiophene rings is 1. The van der Waals surface area contributed by atoms with Crippen LogP contribution in [0.25, 0.3) is 0 Å². The van der Waals surface area contributed by atoms with Gasteiger partial charge in [-0.3, -0.25) is 4.79 Å². The fraction of sp³-hybridized carbons (Fsp3) is 0.211. The maximum atomic E-state index is 12.7. The SMILES string of the molecule is COC(=O)c1cc(C)sc1NC(=O)c1noc(C)c1COc1ccc(Cl)cc1. The molecular formula is C19H17ClN2O5S. The number of carbonyl (C=O) groups excluding carboxylic acids is 2. The minimum Gasteiger partial charge on any atom is -0.489 e. The third kappa shape index (κ3) is 4.35. The molecule has 0 aliphatic heterocycles. The molecule has 1 amide bonds. The Kier molecular flexibility index (Phi) is 6.01. The van der Waals surface area contributed by atoms with Crippen molar-refractivity contribution in [2.45, 2.75) is 20.5 Å². The number of nitrogens with zero attached hydrogens (tertiary/aromatic N) is 1. The number of aryl methyl sites for hydroxylation is 2. The summed E-state index contributed by atoms with van der Waals surface area (Å²) >= 11 is 7.13. The monoisotopic (exact) mass is 420 g/mol. The van der Waals surface area contributed by atoms with Gasteiger partial charge in [-0.15, -0.1) is 11.3 Å². The second-order valence-corrected chi connectivity index (χ2v) is 7.55. The molecule has 3 aromatic rings. The van der Waals surface area contributed by atoms with E-state index < -0.39 is 11.9 Å². The van der Waals surface area contributed by atoms with Gasteiger partial charge in [0.1, 0.15) is 23.1 Å². The van der Waals surface area contributed by atoms with Crippen LogP contribution < -0.4 is 10.1 Å². The van der Waals surface area contributed by atoms with E-state index in [2.05, 4.69) is 10.5 Å². The Morgan fingerprint density at radius 3 is 2.64 bits per heavy atom. The zero-order valence-corrected chi connectivity index (χ0v) is 16.9. The van der Waals surface area contributed by atoms with Crippen LogP contribution in [0.2, 0.25) is 5.02 Å². The van der Waals surface area contributed by atoms with Crippen molar-refractivity contribution in [2.75, 3.05) is 12.4 Å². The smallest absolute Gasteiger partial charge is 0.340 e. The minimum absolute atomic E-state index is 0.0903. The molecule has 2 heterocycles. The molecule has 3 rings (SSSR count). The summed E-state index contributed by atoms with van der Waals surface area (Å²) in [7, 11) is 1.29. The van der Waals surface area contributed by atoms with Crippen molar-refractivity contribution in [3.8, 4) is 5.75 Å². The maximum Gasteiger partial charge on any atom is 0.340 e. The lowest BCUT2D eigenvalue weighted by Crippen LogP contribution is -2.16. The Balaban J connectivity index is 1.78. The molecule has 0 aliphatic rings. The fourth-order valence-electron chi connectivity index (χ4n) is 2.46. The van der Waals surface area contributed by atoms with E-state index in [4.69, 9.17) is 25.6 Å². The number of hydrogen-bond donors (Lipinski definition) is 1. The van der Waals surface area contributed by atoms with Crippen LogP contribution in [0.1, 0.15) is 37.0 Å². The van der Waals surface area contributed by atoms with E-state index in [1.807, 2.05) is 6.92 Å². The largest absolute Gasteiger partial charge is 0.489 e. The number of carbonyl (C=O) groups is 2. The van der Waals surface area contributed by atoms with E-state index in [0.717, 1.165) is 4.88 Å². The first-order valence-electron chi connectivity index (χ1n) is 8.22. The van der Waals surface area contributed by atoms with Gasteiger partial charge in [0.2, 0.25) is 0 Å². The van der Waals surface area contributed by atoms with Crippen LogP contribution in [0, 0.1) is 13.8 Å². The van der Waals surface area contributed by atoms with Gasteiger partial charge in [0.05, 0.1) is 18.2 Å². The Morgan fingerprint density at radius 2 is 1.96 bits per heavy atom. The summed E-state index contributed by atoms with van der Waals surface area (Å²) in [6.07, 6.45) is 0. The van der Waals surface area contributed by atoms with E-state index in [-0.39, 0.29) is 17.9 Å². The molecular weight excluding hydrogens is 404 g/mol. The molecule has 1 aromatic carbocycles. The Morgan fingerprint density at radius 1 is 1.25 bits per heavy atom. The molecule has 0 aliphatic carbocycles. The number of benzene rings is 1. The highest BCUT2D eigenvalue weighted by Gasteiger charge is 2.23. The second-order valence-electron chi connectivity index (χ2n) is 5.85. The van der Waals surface area contributed by atoms with Gasteiger partial charge in [-0.25, -0.2) is 4.79 Å². The van der Waals surface area contributed by atoms with Crippen LogP contribution in [-0.2, 0) is 11.3 Å². The zero-order valence-electron chi connectivity index (χ0n) is 15.4. The molecule has 2 aromatic heterocycles. The van der Waals surface area contributed by atoms with Crippen molar-refractivity contribution in [1.29, 1.82) is 0 Å². The molecule has 0 atom stereocenters. The third-order valence-electron chi connectivity index (χ3n) is 3.88. The standard InChI is InChI=1S/C19H17ClN2O5S/c1-10-8-14(19(24)25-3)18(28-10)21-17(23)16-15(11(2)27-22-16)9-26-13-6-4-12(20)5-7-13/h4-8H,9H2,1-3H3,(H,21,23). The van der Waals surface area contributed by atoms with Crippen molar-refractivity contribution in [1.82, 2.24) is 5.16 Å². The maximum absolute atomic E-state index is 12.7. The molecule has 28 heavy (non-hydrogen) atoms. The van der Waals surface area contributed by atoms with Crippen molar-refractivity contribution in [2.24, 2.45) is 0 Å². The normalized spacial score (nSPS) is 10.6. The van der Waals surface area contributed by atoms with Crippen molar-refractivity contribution >= 4 is 39.8 Å². The quantitative estimate of drug-likeness (QED) is 0.585. The van der Waals surface area contributed by atoms with Gasteiger partial charge in [-0.2, -0.15) is 0 Å². The van der Waals surface area contributed by atoms with Gasteiger partial charge in [-0.1, -0.05) is 16.8 Å². The Labute approximate surface area is 170 Å². The van der Waals surface area contributed by atoms with Gasteiger partial charge in [-0.05, 0) is 44.2 Å². The van der Waals surface area contributed by atoms with Gasteiger partial charge >= 0.3 is 5.97 Å². The first-order chi connectivity index (χ1) is 13.4. The Hall–Kier alpha value is -2.84. The molecule has 9 heteroatoms. The summed E-state index contributed by atoms with van der Waals surface area (Å²) in [6, 6.07) is 8.52. The lowest BCUT2D eigenvalue weighted by molar-refractivity contribution is 0.0602. The van der Waals surface area contributed by atoms with Crippen LogP contribution in [0.5, 0.6) is 5.75 Å². The number of esters is 1. The molecule has 7 nitrogen and oxygen atoms in total. The fourth-order valence-corrected chi connectivity index (χ4v) is 3.48. The van der Waals surface area contributed by atoms with Crippen molar-refractivity contribution in [3.63, 3.8) is 0 Å². The summed E-state index contributed by atoms with van der Waals surface area (Å²) in [4.78, 5) is 25.5.